The van der Waals surface area contributed by atoms with Gasteiger partial charge in [-0.3, -0.25) is 0 Å². The molecular weight excluding hydrogens is 208 g/mol. The van der Waals surface area contributed by atoms with Crippen LogP contribution in [0.3, 0.4) is 0 Å². The number of nitrogens with zero attached hydrogens (tertiary/aromatic N) is 2. The monoisotopic (exact) mass is 228 g/mol. The summed E-state index contributed by atoms with van der Waals surface area (Å²) in [6.45, 7) is 6.88. The van der Waals surface area contributed by atoms with E-state index >= 15 is 0 Å². The van der Waals surface area contributed by atoms with Gasteiger partial charge in [0, 0.05) is 18.8 Å². The van der Waals surface area contributed by atoms with Crippen LogP contribution in [0, 0.1) is 23.2 Å². The van der Waals surface area contributed by atoms with Gasteiger partial charge in [-0.05, 0) is 42.9 Å². The lowest BCUT2D eigenvalue weighted by molar-refractivity contribution is 0.311. The molecule has 17 heavy (non-hydrogen) atoms. The maximum absolute atomic E-state index is 8.91. The third kappa shape index (κ3) is 2.79. The number of benzene rings is 1. The summed E-state index contributed by atoms with van der Waals surface area (Å²) in [5, 5.41) is 8.91. The van der Waals surface area contributed by atoms with Gasteiger partial charge in [-0.15, -0.1) is 0 Å². The highest BCUT2D eigenvalue weighted by molar-refractivity contribution is 5.51. The van der Waals surface area contributed by atoms with E-state index in [0.717, 1.165) is 30.5 Å². The van der Waals surface area contributed by atoms with Gasteiger partial charge in [0.25, 0.3) is 0 Å². The standard InChI is InChI=1S/C15H20N2/c1-12(2)14-6-8-17(9-7-14)15-5-3-4-13(10-15)11-16/h3-5,10,12,14H,6-9H2,1-2H3. The number of anilines is 1. The van der Waals surface area contributed by atoms with Crippen molar-refractivity contribution < 1.29 is 0 Å². The second-order valence-corrected chi connectivity index (χ2v) is 5.23. The van der Waals surface area contributed by atoms with E-state index in [9.17, 15) is 0 Å². The first kappa shape index (κ1) is 12.0. The van der Waals surface area contributed by atoms with Crippen LogP contribution in [0.15, 0.2) is 24.3 Å². The molecule has 0 aliphatic carbocycles. The Labute approximate surface area is 104 Å². The van der Waals surface area contributed by atoms with Crippen molar-refractivity contribution in [3.8, 4) is 6.07 Å². The van der Waals surface area contributed by atoms with E-state index in [1.54, 1.807) is 0 Å². The van der Waals surface area contributed by atoms with Crippen LogP contribution in [0.4, 0.5) is 5.69 Å². The van der Waals surface area contributed by atoms with Crippen molar-refractivity contribution in [2.24, 2.45) is 11.8 Å². The topological polar surface area (TPSA) is 27.0 Å². The van der Waals surface area contributed by atoms with E-state index < -0.39 is 0 Å². The van der Waals surface area contributed by atoms with Crippen molar-refractivity contribution in [1.29, 1.82) is 5.26 Å². The maximum Gasteiger partial charge on any atom is 0.0992 e. The van der Waals surface area contributed by atoms with E-state index in [-0.39, 0.29) is 0 Å². The Bertz CT molecular complexity index is 409. The van der Waals surface area contributed by atoms with Crippen LogP contribution >= 0.6 is 0 Å². The van der Waals surface area contributed by atoms with Gasteiger partial charge in [0.05, 0.1) is 11.6 Å². The van der Waals surface area contributed by atoms with Gasteiger partial charge in [-0.25, -0.2) is 0 Å². The Morgan fingerprint density at radius 2 is 2.00 bits per heavy atom. The summed E-state index contributed by atoms with van der Waals surface area (Å²) in [7, 11) is 0. The lowest BCUT2D eigenvalue weighted by Crippen LogP contribution is -2.35. The molecule has 0 saturated carbocycles. The van der Waals surface area contributed by atoms with Crippen molar-refractivity contribution in [3.05, 3.63) is 29.8 Å². The maximum atomic E-state index is 8.91. The van der Waals surface area contributed by atoms with Crippen LogP contribution in [-0.4, -0.2) is 13.1 Å². The predicted molar refractivity (Wildman–Crippen MR) is 70.9 cm³/mol. The van der Waals surface area contributed by atoms with Crippen molar-refractivity contribution in [2.75, 3.05) is 18.0 Å². The number of hydrogen-bond donors (Lipinski definition) is 0. The minimum Gasteiger partial charge on any atom is -0.371 e. The third-order valence-corrected chi connectivity index (χ3v) is 3.82. The van der Waals surface area contributed by atoms with E-state index in [0.29, 0.717) is 0 Å². The Kier molecular flexibility index (Phi) is 3.68. The molecule has 1 saturated heterocycles. The van der Waals surface area contributed by atoms with Gasteiger partial charge >= 0.3 is 0 Å². The molecule has 1 aliphatic heterocycles. The molecule has 1 aromatic carbocycles. The zero-order chi connectivity index (χ0) is 12.3. The molecule has 1 heterocycles. The molecule has 0 bridgehead atoms. The molecule has 1 aromatic rings. The fraction of sp³-hybridized carbons (Fsp3) is 0.533. The first-order chi connectivity index (χ1) is 8.20. The number of nitriles is 1. The predicted octanol–water partition coefficient (Wildman–Crippen LogP) is 3.43. The summed E-state index contributed by atoms with van der Waals surface area (Å²) < 4.78 is 0. The molecule has 1 fully saturated rings. The molecule has 0 N–H and O–H groups in total. The zero-order valence-electron chi connectivity index (χ0n) is 10.7. The van der Waals surface area contributed by atoms with Gasteiger partial charge in [0.2, 0.25) is 0 Å². The lowest BCUT2D eigenvalue weighted by atomic mass is 9.86. The molecule has 0 aromatic heterocycles. The molecular formula is C15H20N2. The van der Waals surface area contributed by atoms with Gasteiger partial charge in [0.15, 0.2) is 0 Å². The number of rotatable bonds is 2. The first-order valence-electron chi connectivity index (χ1n) is 6.46. The molecule has 0 atom stereocenters. The summed E-state index contributed by atoms with van der Waals surface area (Å²) in [6, 6.07) is 10.2. The van der Waals surface area contributed by atoms with Crippen LogP contribution in [0.5, 0.6) is 0 Å². The second-order valence-electron chi connectivity index (χ2n) is 5.23. The normalized spacial score (nSPS) is 17.2. The van der Waals surface area contributed by atoms with Crippen LogP contribution in [0.25, 0.3) is 0 Å². The highest BCUT2D eigenvalue weighted by Crippen LogP contribution is 2.27. The highest BCUT2D eigenvalue weighted by Gasteiger charge is 2.21. The quantitative estimate of drug-likeness (QED) is 0.775. The summed E-state index contributed by atoms with van der Waals surface area (Å²) in [5.41, 5.74) is 1.96. The molecule has 0 unspecified atom stereocenters. The van der Waals surface area contributed by atoms with Gasteiger partial charge in [0.1, 0.15) is 0 Å². The highest BCUT2D eigenvalue weighted by atomic mass is 15.1. The minimum atomic E-state index is 0.758. The average Bonchev–Trinajstić information content (AvgIpc) is 2.39. The third-order valence-electron chi connectivity index (χ3n) is 3.82. The molecule has 2 heteroatoms. The summed E-state index contributed by atoms with van der Waals surface area (Å²) in [4.78, 5) is 2.40. The summed E-state index contributed by atoms with van der Waals surface area (Å²) in [5.74, 6) is 1.66. The van der Waals surface area contributed by atoms with Crippen LogP contribution in [0.2, 0.25) is 0 Å². The van der Waals surface area contributed by atoms with E-state index in [4.69, 9.17) is 5.26 Å². The zero-order valence-corrected chi connectivity index (χ0v) is 10.7. The fourth-order valence-electron chi connectivity index (χ4n) is 2.60. The SMILES string of the molecule is CC(C)C1CCN(c2cccc(C#N)c2)CC1. The van der Waals surface area contributed by atoms with Crippen LogP contribution < -0.4 is 4.90 Å². The Morgan fingerprint density at radius 3 is 2.59 bits per heavy atom. The molecule has 0 spiro atoms. The number of hydrogen-bond acceptors (Lipinski definition) is 2. The van der Waals surface area contributed by atoms with E-state index in [2.05, 4.69) is 30.9 Å². The summed E-state index contributed by atoms with van der Waals surface area (Å²) in [6.07, 6.45) is 2.54. The Balaban J connectivity index is 2.03. The van der Waals surface area contributed by atoms with Crippen LogP contribution in [0.1, 0.15) is 32.3 Å². The average molecular weight is 228 g/mol. The molecule has 1 aliphatic rings. The van der Waals surface area contributed by atoms with Crippen molar-refractivity contribution in [2.45, 2.75) is 26.7 Å². The van der Waals surface area contributed by atoms with E-state index in [1.165, 1.54) is 18.5 Å². The van der Waals surface area contributed by atoms with Gasteiger partial charge in [-0.1, -0.05) is 19.9 Å². The molecule has 0 radical (unpaired) electrons. The van der Waals surface area contributed by atoms with Crippen molar-refractivity contribution in [1.82, 2.24) is 0 Å². The van der Waals surface area contributed by atoms with Crippen molar-refractivity contribution >= 4 is 5.69 Å². The minimum absolute atomic E-state index is 0.758. The Morgan fingerprint density at radius 1 is 1.29 bits per heavy atom. The molecule has 90 valence electrons. The summed E-state index contributed by atoms with van der Waals surface area (Å²) >= 11 is 0. The lowest BCUT2D eigenvalue weighted by Gasteiger charge is -2.35. The largest absolute Gasteiger partial charge is 0.371 e. The molecule has 2 nitrogen and oxygen atoms in total. The fourth-order valence-corrected chi connectivity index (χ4v) is 2.60. The molecule has 2 rings (SSSR count). The Hall–Kier alpha value is -1.49. The van der Waals surface area contributed by atoms with Gasteiger partial charge < -0.3 is 4.90 Å². The van der Waals surface area contributed by atoms with E-state index in [1.807, 2.05) is 18.2 Å². The van der Waals surface area contributed by atoms with Crippen molar-refractivity contribution in [3.63, 3.8) is 0 Å². The molecule has 0 amide bonds. The second kappa shape index (κ2) is 5.23. The van der Waals surface area contributed by atoms with Gasteiger partial charge in [-0.2, -0.15) is 5.26 Å². The first-order valence-corrected chi connectivity index (χ1v) is 6.46. The van der Waals surface area contributed by atoms with Crippen LogP contribution in [-0.2, 0) is 0 Å². The number of piperidine rings is 1. The smallest absolute Gasteiger partial charge is 0.0992 e.